The van der Waals surface area contributed by atoms with E-state index in [1.165, 1.54) is 0 Å². The molecule has 0 fully saturated rings. The molecule has 0 aliphatic heterocycles. The summed E-state index contributed by atoms with van der Waals surface area (Å²) in [4.78, 5) is 0. The first-order valence-electron chi connectivity index (χ1n) is 5.63. The van der Waals surface area contributed by atoms with Crippen LogP contribution in [0.3, 0.4) is 0 Å². The van der Waals surface area contributed by atoms with E-state index in [1.54, 1.807) is 0 Å². The van der Waals surface area contributed by atoms with Gasteiger partial charge in [-0.2, -0.15) is 0 Å². The minimum atomic E-state index is -0.514. The summed E-state index contributed by atoms with van der Waals surface area (Å²) < 4.78 is 5.56. The Morgan fingerprint density at radius 2 is 2.00 bits per heavy atom. The number of aliphatic hydroxyl groups excluding tert-OH is 1. The van der Waals surface area contributed by atoms with Crippen molar-refractivity contribution in [2.75, 3.05) is 6.61 Å². The molecule has 1 N–H and O–H groups in total. The van der Waals surface area contributed by atoms with Crippen molar-refractivity contribution in [1.82, 2.24) is 0 Å². The molecule has 0 bridgehead atoms. The Balaban J connectivity index is 3.35. The highest BCUT2D eigenvalue weighted by Crippen LogP contribution is 2.36. The number of benzene rings is 1. The summed E-state index contributed by atoms with van der Waals surface area (Å²) in [5.41, 5.74) is 2.72. The monoisotopic (exact) mass is 242 g/mol. The molecule has 3 heteroatoms. The zero-order chi connectivity index (χ0) is 12.3. The van der Waals surface area contributed by atoms with E-state index < -0.39 is 6.10 Å². The van der Waals surface area contributed by atoms with Gasteiger partial charge in [0.15, 0.2) is 0 Å². The van der Waals surface area contributed by atoms with E-state index in [0.29, 0.717) is 18.1 Å². The summed E-state index contributed by atoms with van der Waals surface area (Å²) in [5, 5.41) is 10.7. The molecule has 16 heavy (non-hydrogen) atoms. The van der Waals surface area contributed by atoms with Crippen molar-refractivity contribution in [1.29, 1.82) is 0 Å². The van der Waals surface area contributed by atoms with E-state index in [4.69, 9.17) is 16.3 Å². The maximum atomic E-state index is 9.99. The van der Waals surface area contributed by atoms with Crippen LogP contribution in [0.1, 0.15) is 43.1 Å². The predicted octanol–water partition coefficient (Wildman–Crippen LogP) is 3.80. The van der Waals surface area contributed by atoms with Crippen molar-refractivity contribution in [3.63, 3.8) is 0 Å². The highest BCUT2D eigenvalue weighted by Gasteiger charge is 2.18. The van der Waals surface area contributed by atoms with Gasteiger partial charge in [-0.05, 0) is 44.4 Å². The minimum absolute atomic E-state index is 0.514. The van der Waals surface area contributed by atoms with E-state index in [1.807, 2.05) is 33.8 Å². The van der Waals surface area contributed by atoms with Crippen LogP contribution in [-0.4, -0.2) is 11.7 Å². The Hall–Kier alpha value is -0.730. The van der Waals surface area contributed by atoms with Crippen LogP contribution < -0.4 is 4.74 Å². The van der Waals surface area contributed by atoms with Crippen molar-refractivity contribution in [3.8, 4) is 5.75 Å². The summed E-state index contributed by atoms with van der Waals surface area (Å²) in [6.07, 6.45) is 0.139. The quantitative estimate of drug-likeness (QED) is 0.870. The molecule has 2 nitrogen and oxygen atoms in total. The molecule has 0 aromatic heterocycles. The third kappa shape index (κ3) is 2.50. The van der Waals surface area contributed by atoms with E-state index in [2.05, 4.69) is 0 Å². The highest BCUT2D eigenvalue weighted by molar-refractivity contribution is 6.32. The largest absolute Gasteiger partial charge is 0.493 e. The number of hydrogen-bond donors (Lipinski definition) is 1. The van der Waals surface area contributed by atoms with Crippen LogP contribution in [0.15, 0.2) is 6.07 Å². The fraction of sp³-hybridized carbons (Fsp3) is 0.538. The summed E-state index contributed by atoms with van der Waals surface area (Å²) in [7, 11) is 0. The van der Waals surface area contributed by atoms with Crippen LogP contribution in [0.5, 0.6) is 5.75 Å². The molecular weight excluding hydrogens is 224 g/mol. The SMILES string of the molecule is CCOc1cc(C)c(Cl)c(C)c1C(O)CC. The second-order valence-corrected chi connectivity index (χ2v) is 4.28. The van der Waals surface area contributed by atoms with Crippen molar-refractivity contribution < 1.29 is 9.84 Å². The standard InChI is InChI=1S/C13H19ClO2/c1-5-10(15)12-9(4)13(14)8(3)7-11(12)16-6-2/h7,10,15H,5-6H2,1-4H3. The molecule has 0 spiro atoms. The van der Waals surface area contributed by atoms with Gasteiger partial charge in [-0.1, -0.05) is 18.5 Å². The molecule has 0 aliphatic carbocycles. The Morgan fingerprint density at radius 1 is 1.38 bits per heavy atom. The van der Waals surface area contributed by atoms with Crippen molar-refractivity contribution in [3.05, 3.63) is 27.8 Å². The fourth-order valence-corrected chi connectivity index (χ4v) is 1.99. The molecule has 1 rings (SSSR count). The maximum absolute atomic E-state index is 9.99. The molecule has 0 aliphatic rings. The lowest BCUT2D eigenvalue weighted by Gasteiger charge is -2.19. The second-order valence-electron chi connectivity index (χ2n) is 3.90. The van der Waals surface area contributed by atoms with Crippen LogP contribution >= 0.6 is 11.6 Å². The lowest BCUT2D eigenvalue weighted by atomic mass is 9.98. The smallest absolute Gasteiger partial charge is 0.125 e. The predicted molar refractivity (Wildman–Crippen MR) is 67.3 cm³/mol. The van der Waals surface area contributed by atoms with Gasteiger partial charge >= 0.3 is 0 Å². The Morgan fingerprint density at radius 3 is 2.50 bits per heavy atom. The van der Waals surface area contributed by atoms with Crippen LogP contribution in [0.2, 0.25) is 5.02 Å². The first-order valence-corrected chi connectivity index (χ1v) is 6.01. The maximum Gasteiger partial charge on any atom is 0.125 e. The Bertz CT molecular complexity index is 375. The highest BCUT2D eigenvalue weighted by atomic mass is 35.5. The first kappa shape index (κ1) is 13.3. The van der Waals surface area contributed by atoms with E-state index in [9.17, 15) is 5.11 Å². The summed E-state index contributed by atoms with van der Waals surface area (Å²) >= 11 is 6.19. The van der Waals surface area contributed by atoms with Crippen LogP contribution in [0, 0.1) is 13.8 Å². The molecular formula is C13H19ClO2. The lowest BCUT2D eigenvalue weighted by molar-refractivity contribution is 0.167. The van der Waals surface area contributed by atoms with Crippen molar-refractivity contribution in [2.24, 2.45) is 0 Å². The van der Waals surface area contributed by atoms with Gasteiger partial charge in [-0.3, -0.25) is 0 Å². The van der Waals surface area contributed by atoms with Crippen molar-refractivity contribution in [2.45, 2.75) is 40.2 Å². The summed E-state index contributed by atoms with van der Waals surface area (Å²) in [6.45, 7) is 8.32. The van der Waals surface area contributed by atoms with E-state index in [-0.39, 0.29) is 0 Å². The van der Waals surface area contributed by atoms with Crippen LogP contribution in [0.25, 0.3) is 0 Å². The van der Waals surface area contributed by atoms with Gasteiger partial charge in [0.05, 0.1) is 12.7 Å². The van der Waals surface area contributed by atoms with E-state index >= 15 is 0 Å². The second kappa shape index (κ2) is 5.55. The van der Waals surface area contributed by atoms with Gasteiger partial charge in [-0.15, -0.1) is 0 Å². The number of halogens is 1. The van der Waals surface area contributed by atoms with Gasteiger partial charge < -0.3 is 9.84 Å². The molecule has 1 unspecified atom stereocenters. The lowest BCUT2D eigenvalue weighted by Crippen LogP contribution is -2.05. The zero-order valence-corrected chi connectivity index (χ0v) is 11.1. The number of rotatable bonds is 4. The van der Waals surface area contributed by atoms with Gasteiger partial charge in [0.25, 0.3) is 0 Å². The molecule has 0 saturated heterocycles. The first-order chi connectivity index (χ1) is 7.52. The summed E-state index contributed by atoms with van der Waals surface area (Å²) in [5.74, 6) is 0.747. The number of aliphatic hydroxyl groups is 1. The fourth-order valence-electron chi connectivity index (χ4n) is 1.83. The number of aryl methyl sites for hydroxylation is 1. The molecule has 1 atom stereocenters. The Kier molecular flexibility index (Phi) is 4.63. The average Bonchev–Trinajstić information content (AvgIpc) is 2.26. The number of hydrogen-bond acceptors (Lipinski definition) is 2. The Labute approximate surface area is 102 Å². The van der Waals surface area contributed by atoms with E-state index in [0.717, 1.165) is 22.4 Å². The molecule has 90 valence electrons. The number of ether oxygens (including phenoxy) is 1. The molecule has 0 saturated carbocycles. The molecule has 1 aromatic carbocycles. The van der Waals surface area contributed by atoms with Gasteiger partial charge in [-0.25, -0.2) is 0 Å². The summed E-state index contributed by atoms with van der Waals surface area (Å²) in [6, 6.07) is 1.90. The third-order valence-electron chi connectivity index (χ3n) is 2.71. The zero-order valence-electron chi connectivity index (χ0n) is 10.3. The van der Waals surface area contributed by atoms with Crippen LogP contribution in [0.4, 0.5) is 0 Å². The molecule has 1 aromatic rings. The third-order valence-corrected chi connectivity index (χ3v) is 3.29. The normalized spacial score (nSPS) is 12.6. The molecule has 0 heterocycles. The average molecular weight is 243 g/mol. The molecule has 0 amide bonds. The van der Waals surface area contributed by atoms with Crippen molar-refractivity contribution >= 4 is 11.6 Å². The minimum Gasteiger partial charge on any atom is -0.493 e. The molecule has 0 radical (unpaired) electrons. The topological polar surface area (TPSA) is 29.5 Å². The van der Waals surface area contributed by atoms with Gasteiger partial charge in [0.1, 0.15) is 5.75 Å². The van der Waals surface area contributed by atoms with Gasteiger partial charge in [0, 0.05) is 10.6 Å². The van der Waals surface area contributed by atoms with Gasteiger partial charge in [0.2, 0.25) is 0 Å². The van der Waals surface area contributed by atoms with Crippen LogP contribution in [-0.2, 0) is 0 Å².